The maximum atomic E-state index is 8.56. The van der Waals surface area contributed by atoms with E-state index in [1.807, 2.05) is 0 Å². The van der Waals surface area contributed by atoms with Crippen molar-refractivity contribution < 1.29 is 303 Å². The molecule has 0 spiro atoms. The molecule has 0 aromatic carbocycles. The van der Waals surface area contributed by atoms with Crippen LogP contribution < -0.4 is 0 Å². The van der Waals surface area contributed by atoms with Crippen LogP contribution in [0.25, 0.3) is 0 Å². The van der Waals surface area contributed by atoms with Gasteiger partial charge in [0, 0.05) is 0 Å². The van der Waals surface area contributed by atoms with Gasteiger partial charge in [-0.25, -0.2) is 95.9 Å². The maximum absolute atomic E-state index is 8.56. The molecule has 81 heavy (non-hydrogen) atoms. The third-order valence-corrected chi connectivity index (χ3v) is 0. The number of rotatable bonds is 0. The summed E-state index contributed by atoms with van der Waals surface area (Å²) in [6, 6.07) is 0. The van der Waals surface area contributed by atoms with Gasteiger partial charge in [-0.15, -0.1) is 0 Å². The first-order valence-electron chi connectivity index (χ1n) is 13.0. The molecule has 0 saturated heterocycles. The Morgan fingerprint density at radius 1 is 0.0988 bits per heavy atom. The van der Waals surface area contributed by atoms with Crippen molar-refractivity contribution in [3.05, 3.63) is 0 Å². The molecule has 484 valence electrons. The second-order valence-electron chi connectivity index (χ2n) is 5.65. The van der Waals surface area contributed by atoms with Gasteiger partial charge in [0.25, 0.3) is 0 Å². The summed E-state index contributed by atoms with van der Waals surface area (Å²) in [6.07, 6.45) is -36.7. The summed E-state index contributed by atoms with van der Waals surface area (Å²) in [4.78, 5) is 171. The molecule has 0 heterocycles. The van der Waals surface area contributed by atoms with Crippen molar-refractivity contribution in [3.8, 4) is 0 Å². The van der Waals surface area contributed by atoms with E-state index in [-0.39, 0.29) is 40.6 Å². The first kappa shape index (κ1) is 138. The van der Waals surface area contributed by atoms with Crippen LogP contribution in [0.4, 0.5) is 95.9 Å². The van der Waals surface area contributed by atoms with E-state index in [4.69, 9.17) is 300 Å². The minimum Gasteiger partial charge on any atom is -1.00 e. The predicted octanol–water partition coefficient (Wildman–Crippen LogP) is 4.29. The summed E-state index contributed by atoms with van der Waals surface area (Å²) < 4.78 is 0. The van der Waals surface area contributed by atoms with Crippen molar-refractivity contribution in [2.75, 3.05) is 0 Å². The molecule has 0 atom stereocenters. The molecule has 0 amide bonds. The van der Waals surface area contributed by atoms with E-state index in [0.717, 1.165) is 0 Å². The van der Waals surface area contributed by atoms with E-state index in [1.54, 1.807) is 0 Å². The molecule has 0 fully saturated rings. The molecule has 0 aliphatic carbocycles. The van der Waals surface area contributed by atoms with Crippen LogP contribution in [-0.4, -0.2) is 365 Å². The minimum absolute atomic E-state index is 0. The van der Waals surface area contributed by atoms with Gasteiger partial charge in [-0.2, -0.15) is 0 Å². The van der Waals surface area contributed by atoms with Crippen LogP contribution in [0, 0.1) is 0 Å². The summed E-state index contributed by atoms with van der Waals surface area (Å²) in [5, 5.41) is 279. The van der Waals surface area contributed by atoms with Gasteiger partial charge in [0.1, 0.15) is 0 Å². The van der Waals surface area contributed by atoms with Crippen LogP contribution >= 0.6 is 0 Å². The molecule has 0 unspecified atom stereocenters. The molecule has 61 heteroatoms. The number of carbonyl (C=O) groups is 20. The molecule has 40 N–H and O–H groups in total. The SMILES string of the molecule is O=C(O)O.O=C(O)O.O=C(O)O.O=C(O)O.O=C(O)O.O=C(O)O.O=C(O)O.O=C(O)O.O=C(O)O.O=C(O)O.O=C(O)O.O=C(O)O.O=C(O)O.O=C(O)O.O=C(O)O.O=C(O)O.O=C(O)O.O=C(O)O.O=C(O)O.O=C(O)O.[Ca+2].[H-].[H-]. The minimum atomic E-state index is -1.83. The Balaban J connectivity index is -0.0000000217. The van der Waals surface area contributed by atoms with E-state index >= 15 is 0 Å². The molecule has 0 aromatic rings. The smallest absolute Gasteiger partial charge is 1.00 e. The average molecular weight is 1280 g/mol. The molecular formula is C20H42CaO60. The van der Waals surface area contributed by atoms with Gasteiger partial charge in [-0.1, -0.05) is 0 Å². The third kappa shape index (κ3) is 1570. The molecule has 0 aliphatic rings. The molecule has 0 radical (unpaired) electrons. The molecule has 0 rings (SSSR count). The fraction of sp³-hybridized carbons (Fsp3) is 0. The molecule has 0 saturated carbocycles. The van der Waals surface area contributed by atoms with E-state index in [2.05, 4.69) is 0 Å². The van der Waals surface area contributed by atoms with Crippen LogP contribution in [-0.2, 0) is 0 Å². The van der Waals surface area contributed by atoms with Gasteiger partial charge in [0.2, 0.25) is 0 Å². The van der Waals surface area contributed by atoms with Crippen molar-refractivity contribution in [2.24, 2.45) is 0 Å². The van der Waals surface area contributed by atoms with Crippen molar-refractivity contribution in [3.63, 3.8) is 0 Å². The second kappa shape index (κ2) is 132. The monoisotopic (exact) mass is 1280 g/mol. The molecular weight excluding hydrogens is 1240 g/mol. The maximum Gasteiger partial charge on any atom is 2.00 e. The van der Waals surface area contributed by atoms with Crippen LogP contribution in [0.3, 0.4) is 0 Å². The Morgan fingerprint density at radius 2 is 0.0988 bits per heavy atom. The Hall–Kier alpha value is -13.3. The molecule has 0 aliphatic heterocycles. The third-order valence-electron chi connectivity index (χ3n) is 0. The fourth-order valence-electron chi connectivity index (χ4n) is 0. The van der Waals surface area contributed by atoms with E-state index in [1.165, 1.54) is 0 Å². The van der Waals surface area contributed by atoms with Crippen LogP contribution in [0.2, 0.25) is 0 Å². The standard InChI is InChI=1S/20CH2O3.Ca.2H/c20*2-1(3)4;;;/h20*(H2,2,3,4);;;/q;;;;;;;;;;;;;;;;;;;;+2;2*-1. The van der Waals surface area contributed by atoms with Crippen molar-refractivity contribution in [1.82, 2.24) is 0 Å². The molecule has 0 aromatic heterocycles. The van der Waals surface area contributed by atoms with Crippen LogP contribution in [0.5, 0.6) is 0 Å². The summed E-state index contributed by atoms with van der Waals surface area (Å²) in [6.45, 7) is 0. The van der Waals surface area contributed by atoms with Crippen molar-refractivity contribution >= 4 is 161 Å². The Bertz CT molecular complexity index is 1070. The number of hydrogen-bond acceptors (Lipinski definition) is 20. The molecule has 0 bridgehead atoms. The van der Waals surface area contributed by atoms with Gasteiger partial charge < -0.3 is 207 Å². The summed E-state index contributed by atoms with van der Waals surface area (Å²) >= 11 is 0. The first-order valence-corrected chi connectivity index (χ1v) is 13.0. The van der Waals surface area contributed by atoms with Gasteiger partial charge in [0.05, 0.1) is 0 Å². The quantitative estimate of drug-likeness (QED) is 0.150. The Kier molecular flexibility index (Phi) is 225. The topological polar surface area (TPSA) is 1150 Å². The van der Waals surface area contributed by atoms with Gasteiger partial charge in [-0.05, 0) is 0 Å². The van der Waals surface area contributed by atoms with Crippen LogP contribution in [0.15, 0.2) is 0 Å². The summed E-state index contributed by atoms with van der Waals surface area (Å²) in [5.41, 5.74) is 0. The van der Waals surface area contributed by atoms with Crippen molar-refractivity contribution in [2.45, 2.75) is 0 Å². The summed E-state index contributed by atoms with van der Waals surface area (Å²) in [5.74, 6) is 0. The fourth-order valence-corrected chi connectivity index (χ4v) is 0. The first-order chi connectivity index (χ1) is 34.6. The van der Waals surface area contributed by atoms with Gasteiger partial charge in [-0.3, -0.25) is 0 Å². The summed E-state index contributed by atoms with van der Waals surface area (Å²) in [7, 11) is 0. The zero-order valence-electron chi connectivity index (χ0n) is 38.8. The van der Waals surface area contributed by atoms with E-state index in [9.17, 15) is 0 Å². The molecule has 60 nitrogen and oxygen atoms in total. The Labute approximate surface area is 463 Å². The zero-order chi connectivity index (χ0) is 71.5. The van der Waals surface area contributed by atoms with Gasteiger partial charge in [0.15, 0.2) is 0 Å². The average Bonchev–Trinajstić information content (AvgIpc) is 2.99. The predicted molar refractivity (Wildman–Crippen MR) is 221 cm³/mol. The van der Waals surface area contributed by atoms with E-state index < -0.39 is 123 Å². The number of carboxylic acid groups (broad SMARTS) is 40. The Morgan fingerprint density at radius 3 is 0.0988 bits per heavy atom. The largest absolute Gasteiger partial charge is 2.00 e. The van der Waals surface area contributed by atoms with Crippen molar-refractivity contribution in [1.29, 1.82) is 0 Å². The zero-order valence-corrected chi connectivity index (χ0v) is 39.0. The second-order valence-corrected chi connectivity index (χ2v) is 5.65. The van der Waals surface area contributed by atoms with E-state index in [0.29, 0.717) is 0 Å². The number of hydrogen-bond donors (Lipinski definition) is 40. The van der Waals surface area contributed by atoms with Gasteiger partial charge >= 0.3 is 161 Å². The van der Waals surface area contributed by atoms with Crippen LogP contribution in [0.1, 0.15) is 2.85 Å². The normalized spacial score (nSPS) is 5.93.